The van der Waals surface area contributed by atoms with Gasteiger partial charge in [0.1, 0.15) is 5.75 Å². The lowest BCUT2D eigenvalue weighted by atomic mass is 9.79. The van der Waals surface area contributed by atoms with Crippen molar-refractivity contribution >= 4 is 5.57 Å². The van der Waals surface area contributed by atoms with Crippen LogP contribution in [0.4, 0.5) is 0 Å². The Morgan fingerprint density at radius 1 is 1.29 bits per heavy atom. The molecule has 0 aromatic carbocycles. The molecule has 0 amide bonds. The van der Waals surface area contributed by atoms with Crippen LogP contribution in [0.15, 0.2) is 24.5 Å². The molecule has 1 aliphatic carbocycles. The summed E-state index contributed by atoms with van der Waals surface area (Å²) in [4.78, 5) is 6.91. The number of rotatable bonds is 3. The topological polar surface area (TPSA) is 25.4 Å². The molecule has 21 heavy (non-hydrogen) atoms. The fourth-order valence-corrected chi connectivity index (χ4v) is 3.72. The highest BCUT2D eigenvalue weighted by Crippen LogP contribution is 2.42. The molecule has 1 atom stereocenters. The van der Waals surface area contributed by atoms with Crippen LogP contribution < -0.4 is 4.74 Å². The highest BCUT2D eigenvalue weighted by atomic mass is 16.5. The minimum atomic E-state index is 0.192. The molecule has 1 unspecified atom stereocenters. The van der Waals surface area contributed by atoms with Gasteiger partial charge in [-0.05, 0) is 76.7 Å². The Morgan fingerprint density at radius 2 is 2.14 bits per heavy atom. The quantitative estimate of drug-likeness (QED) is 0.842. The zero-order valence-corrected chi connectivity index (χ0v) is 13.4. The summed E-state index contributed by atoms with van der Waals surface area (Å²) in [6.45, 7) is 5.35. The molecule has 0 N–H and O–H groups in total. The lowest BCUT2D eigenvalue weighted by Crippen LogP contribution is -2.42. The van der Waals surface area contributed by atoms with Gasteiger partial charge in [0, 0.05) is 11.7 Å². The molecule has 1 fully saturated rings. The van der Waals surface area contributed by atoms with E-state index in [4.69, 9.17) is 4.74 Å². The molecule has 2 aliphatic rings. The molecule has 0 radical (unpaired) electrons. The van der Waals surface area contributed by atoms with Crippen LogP contribution >= 0.6 is 0 Å². The Labute approximate surface area is 128 Å². The Bertz CT molecular complexity index is 538. The standard InChI is InChI=1S/C18H26N2O/c1-14(2)21-17-11-16(12-19-13-17)15-5-8-18(9-6-15)7-4-10-20(18)3/h5,11-14H,4,6-10H2,1-3H3. The van der Waals surface area contributed by atoms with E-state index in [0.717, 1.165) is 12.2 Å². The molecule has 0 bridgehead atoms. The summed E-state index contributed by atoms with van der Waals surface area (Å²) >= 11 is 0. The van der Waals surface area contributed by atoms with Crippen LogP contribution in [0.3, 0.4) is 0 Å². The zero-order chi connectivity index (χ0) is 14.9. The molecule has 3 nitrogen and oxygen atoms in total. The number of nitrogens with zero attached hydrogens (tertiary/aromatic N) is 2. The predicted octanol–water partition coefficient (Wildman–Crippen LogP) is 3.90. The average molecular weight is 286 g/mol. The van der Waals surface area contributed by atoms with Crippen LogP contribution in [0.2, 0.25) is 0 Å². The molecule has 3 heteroatoms. The first kappa shape index (κ1) is 14.6. The van der Waals surface area contributed by atoms with Crippen molar-refractivity contribution in [3.05, 3.63) is 30.1 Å². The third kappa shape index (κ3) is 2.98. The fourth-order valence-electron chi connectivity index (χ4n) is 3.72. The molecule has 1 saturated heterocycles. The number of allylic oxidation sites excluding steroid dienone is 1. The monoisotopic (exact) mass is 286 g/mol. The summed E-state index contributed by atoms with van der Waals surface area (Å²) in [5.41, 5.74) is 3.09. The SMILES string of the molecule is CC(C)Oc1cncc(C2=CCC3(CCCN3C)CC2)c1. The van der Waals surface area contributed by atoms with Gasteiger partial charge in [-0.15, -0.1) is 0 Å². The van der Waals surface area contributed by atoms with Gasteiger partial charge in [0.2, 0.25) is 0 Å². The lowest BCUT2D eigenvalue weighted by molar-refractivity contribution is 0.160. The Balaban J connectivity index is 1.76. The largest absolute Gasteiger partial charge is 0.489 e. The first-order valence-corrected chi connectivity index (χ1v) is 8.11. The second-order valence-electron chi connectivity index (χ2n) is 6.76. The van der Waals surface area contributed by atoms with Crippen molar-refractivity contribution in [2.45, 2.75) is 57.6 Å². The summed E-state index contributed by atoms with van der Waals surface area (Å²) in [6, 6.07) is 2.13. The number of aromatic nitrogens is 1. The van der Waals surface area contributed by atoms with Gasteiger partial charge in [0.15, 0.2) is 0 Å². The number of pyridine rings is 1. The first-order valence-electron chi connectivity index (χ1n) is 8.11. The van der Waals surface area contributed by atoms with E-state index >= 15 is 0 Å². The normalized spacial score (nSPS) is 26.4. The summed E-state index contributed by atoms with van der Waals surface area (Å²) in [7, 11) is 2.28. The molecular formula is C18H26N2O. The highest BCUT2D eigenvalue weighted by Gasteiger charge is 2.39. The first-order chi connectivity index (χ1) is 10.1. The highest BCUT2D eigenvalue weighted by molar-refractivity contribution is 5.67. The number of hydrogen-bond donors (Lipinski definition) is 0. The molecule has 1 aromatic rings. The van der Waals surface area contributed by atoms with E-state index < -0.39 is 0 Å². The van der Waals surface area contributed by atoms with E-state index in [1.54, 1.807) is 6.20 Å². The van der Waals surface area contributed by atoms with Gasteiger partial charge < -0.3 is 9.64 Å². The number of likely N-dealkylation sites (tertiary alicyclic amines) is 1. The van der Waals surface area contributed by atoms with E-state index in [1.165, 1.54) is 43.4 Å². The zero-order valence-electron chi connectivity index (χ0n) is 13.4. The maximum Gasteiger partial charge on any atom is 0.138 e. The molecule has 0 saturated carbocycles. The maximum absolute atomic E-state index is 5.76. The Hall–Kier alpha value is -1.35. The number of ether oxygens (including phenoxy) is 1. The van der Waals surface area contributed by atoms with E-state index in [-0.39, 0.29) is 6.10 Å². The van der Waals surface area contributed by atoms with Crippen molar-refractivity contribution in [2.75, 3.05) is 13.6 Å². The van der Waals surface area contributed by atoms with Crippen LogP contribution in [0, 0.1) is 0 Å². The van der Waals surface area contributed by atoms with E-state index in [0.29, 0.717) is 5.54 Å². The Morgan fingerprint density at radius 3 is 2.76 bits per heavy atom. The molecule has 1 aromatic heterocycles. The van der Waals surface area contributed by atoms with Gasteiger partial charge >= 0.3 is 0 Å². The van der Waals surface area contributed by atoms with Crippen molar-refractivity contribution in [1.29, 1.82) is 0 Å². The average Bonchev–Trinajstić information content (AvgIpc) is 2.80. The summed E-state index contributed by atoms with van der Waals surface area (Å²) < 4.78 is 5.76. The van der Waals surface area contributed by atoms with Gasteiger partial charge in [-0.25, -0.2) is 0 Å². The fraction of sp³-hybridized carbons (Fsp3) is 0.611. The van der Waals surface area contributed by atoms with Crippen LogP contribution in [0.5, 0.6) is 5.75 Å². The van der Waals surface area contributed by atoms with Gasteiger partial charge in [0.25, 0.3) is 0 Å². The molecule has 1 spiro atoms. The minimum absolute atomic E-state index is 0.192. The van der Waals surface area contributed by atoms with E-state index in [9.17, 15) is 0 Å². The Kier molecular flexibility index (Phi) is 4.03. The number of hydrogen-bond acceptors (Lipinski definition) is 3. The maximum atomic E-state index is 5.76. The van der Waals surface area contributed by atoms with E-state index in [1.807, 2.05) is 20.0 Å². The van der Waals surface area contributed by atoms with Gasteiger partial charge in [0.05, 0.1) is 12.3 Å². The van der Waals surface area contributed by atoms with Crippen LogP contribution in [-0.2, 0) is 0 Å². The summed E-state index contributed by atoms with van der Waals surface area (Å²) in [6.07, 6.45) is 12.7. The summed E-state index contributed by atoms with van der Waals surface area (Å²) in [5, 5.41) is 0. The summed E-state index contributed by atoms with van der Waals surface area (Å²) in [5.74, 6) is 0.877. The van der Waals surface area contributed by atoms with Crippen molar-refractivity contribution in [1.82, 2.24) is 9.88 Å². The second kappa shape index (κ2) is 5.80. The van der Waals surface area contributed by atoms with Crippen molar-refractivity contribution in [2.24, 2.45) is 0 Å². The van der Waals surface area contributed by atoms with Crippen LogP contribution in [-0.4, -0.2) is 35.1 Å². The third-order valence-corrected chi connectivity index (χ3v) is 4.99. The van der Waals surface area contributed by atoms with Crippen molar-refractivity contribution < 1.29 is 4.74 Å². The second-order valence-corrected chi connectivity index (χ2v) is 6.76. The minimum Gasteiger partial charge on any atom is -0.489 e. The van der Waals surface area contributed by atoms with Gasteiger partial charge in [-0.1, -0.05) is 6.08 Å². The van der Waals surface area contributed by atoms with E-state index in [2.05, 4.69) is 29.1 Å². The van der Waals surface area contributed by atoms with Crippen LogP contribution in [0.25, 0.3) is 5.57 Å². The predicted molar refractivity (Wildman–Crippen MR) is 86.4 cm³/mol. The molecule has 1 aliphatic heterocycles. The van der Waals surface area contributed by atoms with Gasteiger partial charge in [-0.3, -0.25) is 4.98 Å². The van der Waals surface area contributed by atoms with Crippen LogP contribution in [0.1, 0.15) is 51.5 Å². The third-order valence-electron chi connectivity index (χ3n) is 4.99. The molecule has 114 valence electrons. The molecule has 3 rings (SSSR count). The van der Waals surface area contributed by atoms with Crippen molar-refractivity contribution in [3.63, 3.8) is 0 Å². The molecular weight excluding hydrogens is 260 g/mol. The lowest BCUT2D eigenvalue weighted by Gasteiger charge is -2.39. The smallest absolute Gasteiger partial charge is 0.138 e. The molecule has 2 heterocycles. The van der Waals surface area contributed by atoms with Crippen molar-refractivity contribution in [3.8, 4) is 5.75 Å². The van der Waals surface area contributed by atoms with Gasteiger partial charge in [-0.2, -0.15) is 0 Å².